The largest absolute Gasteiger partial charge is 0.490 e. The summed E-state index contributed by atoms with van der Waals surface area (Å²) in [6.45, 7) is 5.24. The average molecular weight is 881 g/mol. The van der Waals surface area contributed by atoms with Gasteiger partial charge >= 0.3 is 0 Å². The maximum absolute atomic E-state index is 15.1. The Balaban J connectivity index is 0.777. The van der Waals surface area contributed by atoms with Gasteiger partial charge in [-0.05, 0) is 160 Å². The first kappa shape index (κ1) is 50.2. The van der Waals surface area contributed by atoms with E-state index in [9.17, 15) is 8.78 Å². The maximum Gasteiger partial charge on any atom is 0.200 e. The molecule has 4 aliphatic carbocycles. The monoisotopic (exact) mass is 881 g/mol. The highest BCUT2D eigenvalue weighted by molar-refractivity contribution is 5.32. The van der Waals surface area contributed by atoms with E-state index in [2.05, 4.69) is 13.8 Å². The first-order chi connectivity index (χ1) is 30.8. The van der Waals surface area contributed by atoms with Crippen molar-refractivity contribution in [3.63, 3.8) is 0 Å². The van der Waals surface area contributed by atoms with Crippen molar-refractivity contribution in [2.24, 2.45) is 47.3 Å². The highest BCUT2D eigenvalue weighted by Crippen LogP contribution is 2.45. The van der Waals surface area contributed by atoms with E-state index in [1.54, 1.807) is 24.3 Å². The van der Waals surface area contributed by atoms with Crippen LogP contribution in [-0.4, -0.2) is 13.2 Å². The van der Waals surface area contributed by atoms with Crippen LogP contribution in [0.3, 0.4) is 0 Å². The molecule has 0 amide bonds. The van der Waals surface area contributed by atoms with Crippen LogP contribution in [0, 0.1) is 70.6 Å². The fourth-order valence-electron chi connectivity index (χ4n) is 12.7. The lowest BCUT2D eigenvalue weighted by Gasteiger charge is -2.38. The Morgan fingerprint density at radius 3 is 1.02 bits per heavy atom. The Morgan fingerprint density at radius 2 is 0.683 bits per heavy atom. The Hall–Kier alpha value is -2.24. The van der Waals surface area contributed by atoms with Gasteiger partial charge in [0.05, 0.1) is 13.2 Å². The molecule has 2 nitrogen and oxygen atoms in total. The van der Waals surface area contributed by atoms with Gasteiger partial charge in [0.2, 0.25) is 11.6 Å². The van der Waals surface area contributed by atoms with E-state index in [4.69, 9.17) is 9.47 Å². The van der Waals surface area contributed by atoms with E-state index in [0.717, 1.165) is 80.5 Å². The molecule has 6 rings (SSSR count). The third-order valence-electron chi connectivity index (χ3n) is 17.0. The highest BCUT2D eigenvalue weighted by Gasteiger charge is 2.32. The lowest BCUT2D eigenvalue weighted by Crippen LogP contribution is -2.26. The molecule has 4 fully saturated rings. The van der Waals surface area contributed by atoms with E-state index in [-0.39, 0.29) is 11.5 Å². The van der Waals surface area contributed by atoms with Crippen LogP contribution in [0.25, 0.3) is 0 Å². The number of rotatable bonds is 26. The first-order valence-corrected chi connectivity index (χ1v) is 27.0. The zero-order chi connectivity index (χ0) is 44.2. The molecule has 2 aromatic carbocycles. The van der Waals surface area contributed by atoms with Crippen molar-refractivity contribution in [2.75, 3.05) is 13.2 Å². The second-order valence-corrected chi connectivity index (χ2v) is 21.4. The Kier molecular flexibility index (Phi) is 21.8. The minimum Gasteiger partial charge on any atom is -0.490 e. The second kappa shape index (κ2) is 27.4. The summed E-state index contributed by atoms with van der Waals surface area (Å²) in [4.78, 5) is 0. The summed E-state index contributed by atoms with van der Waals surface area (Å²) < 4.78 is 71.5. The van der Waals surface area contributed by atoms with Gasteiger partial charge in [-0.3, -0.25) is 0 Å². The molecule has 6 heteroatoms. The Labute approximate surface area is 382 Å². The van der Waals surface area contributed by atoms with Crippen LogP contribution >= 0.6 is 0 Å². The van der Waals surface area contributed by atoms with Crippen LogP contribution in [0.15, 0.2) is 24.3 Å². The van der Waals surface area contributed by atoms with Gasteiger partial charge in [-0.1, -0.05) is 148 Å². The standard InChI is InChI=1S/C57H88F4O2/c1-3-5-10-14-42-16-26-46(27-17-42)48-30-20-44(21-31-48)24-34-50-36-38-52(56(60)54(50)58)62-40-12-8-7-9-13-41-63-53-39-37-51(55(59)57(53)61)35-25-45-22-32-49(33-23-45)47-28-18-43(19-29-47)15-11-6-4-2/h36-39,42-49H,3-35,40-41H2,1-2H3. The molecule has 4 aliphatic rings. The van der Waals surface area contributed by atoms with E-state index in [0.29, 0.717) is 49.0 Å². The lowest BCUT2D eigenvalue weighted by atomic mass is 9.68. The lowest BCUT2D eigenvalue weighted by molar-refractivity contribution is 0.140. The molecular weight excluding hydrogens is 793 g/mol. The molecule has 0 atom stereocenters. The number of hydrogen-bond acceptors (Lipinski definition) is 2. The van der Waals surface area contributed by atoms with Crippen molar-refractivity contribution < 1.29 is 27.0 Å². The van der Waals surface area contributed by atoms with Gasteiger partial charge in [0.25, 0.3) is 0 Å². The Bertz CT molecular complexity index is 1450. The molecule has 0 aromatic heterocycles. The summed E-state index contributed by atoms with van der Waals surface area (Å²) in [5, 5.41) is 0. The van der Waals surface area contributed by atoms with Crippen molar-refractivity contribution in [2.45, 2.75) is 226 Å². The van der Waals surface area contributed by atoms with Crippen LogP contribution in [0.5, 0.6) is 11.5 Å². The van der Waals surface area contributed by atoms with Crippen LogP contribution in [0.4, 0.5) is 17.6 Å². The van der Waals surface area contributed by atoms with Crippen molar-refractivity contribution in [3.8, 4) is 11.5 Å². The quantitative estimate of drug-likeness (QED) is 0.0692. The molecule has 0 radical (unpaired) electrons. The van der Waals surface area contributed by atoms with Gasteiger partial charge in [-0.25, -0.2) is 8.78 Å². The van der Waals surface area contributed by atoms with Crippen LogP contribution in [0.1, 0.15) is 224 Å². The van der Waals surface area contributed by atoms with Crippen LogP contribution < -0.4 is 9.47 Å². The third-order valence-corrected chi connectivity index (χ3v) is 17.0. The SMILES string of the molecule is CCCCCC1CCC(C2CCC(CCc3ccc(OCCCCCCCOc4ccc(CCC5CCC(C6CCC(CCCCC)CC6)CC5)c(F)c4F)c(F)c3F)CC2)CC1. The molecule has 4 saturated carbocycles. The summed E-state index contributed by atoms with van der Waals surface area (Å²) in [7, 11) is 0. The number of aryl methyl sites for hydroxylation is 2. The van der Waals surface area contributed by atoms with Crippen molar-refractivity contribution in [1.82, 2.24) is 0 Å². The molecule has 356 valence electrons. The fraction of sp³-hybridized carbons (Fsp3) is 0.789. The highest BCUT2D eigenvalue weighted by atomic mass is 19.2. The van der Waals surface area contributed by atoms with E-state index in [1.165, 1.54) is 154 Å². The first-order valence-electron chi connectivity index (χ1n) is 27.0. The normalized spacial score (nSPS) is 26.8. The zero-order valence-electron chi connectivity index (χ0n) is 40.0. The predicted octanol–water partition coefficient (Wildman–Crippen LogP) is 17.9. The summed E-state index contributed by atoms with van der Waals surface area (Å²) in [5.74, 6) is 3.47. The van der Waals surface area contributed by atoms with Crippen LogP contribution in [-0.2, 0) is 12.8 Å². The molecule has 0 spiro atoms. The number of benzene rings is 2. The summed E-state index contributed by atoms with van der Waals surface area (Å²) in [6.07, 6.45) is 39.8. The smallest absolute Gasteiger partial charge is 0.200 e. The topological polar surface area (TPSA) is 18.5 Å². The molecule has 63 heavy (non-hydrogen) atoms. The number of unbranched alkanes of at least 4 members (excludes halogenated alkanes) is 8. The van der Waals surface area contributed by atoms with Gasteiger partial charge in [0.1, 0.15) is 0 Å². The molecule has 2 aromatic rings. The fourth-order valence-corrected chi connectivity index (χ4v) is 12.7. The molecule has 0 saturated heterocycles. The summed E-state index contributed by atoms with van der Waals surface area (Å²) >= 11 is 0. The van der Waals surface area contributed by atoms with Gasteiger partial charge in [-0.2, -0.15) is 8.78 Å². The molecule has 0 aliphatic heterocycles. The third kappa shape index (κ3) is 16.0. The maximum atomic E-state index is 15.1. The van der Waals surface area contributed by atoms with Crippen molar-refractivity contribution >= 4 is 0 Å². The van der Waals surface area contributed by atoms with Crippen LogP contribution in [0.2, 0.25) is 0 Å². The predicted molar refractivity (Wildman–Crippen MR) is 254 cm³/mol. The van der Waals surface area contributed by atoms with Gasteiger partial charge in [-0.15, -0.1) is 0 Å². The summed E-state index contributed by atoms with van der Waals surface area (Å²) in [6, 6.07) is 6.63. The number of halogens is 4. The van der Waals surface area contributed by atoms with Gasteiger partial charge < -0.3 is 9.47 Å². The average Bonchev–Trinajstić information content (AvgIpc) is 3.31. The zero-order valence-corrected chi connectivity index (χ0v) is 40.0. The summed E-state index contributed by atoms with van der Waals surface area (Å²) in [5.41, 5.74) is 0.929. The molecule has 0 heterocycles. The minimum atomic E-state index is -0.867. The van der Waals surface area contributed by atoms with E-state index < -0.39 is 23.3 Å². The molecule has 0 bridgehead atoms. The molecule has 0 unspecified atom stereocenters. The van der Waals surface area contributed by atoms with E-state index in [1.807, 2.05) is 0 Å². The number of hydrogen-bond donors (Lipinski definition) is 0. The minimum absolute atomic E-state index is 0.00609. The Morgan fingerprint density at radius 1 is 0.365 bits per heavy atom. The molecule has 0 N–H and O–H groups in total. The number of ether oxygens (including phenoxy) is 2. The van der Waals surface area contributed by atoms with Gasteiger partial charge in [0.15, 0.2) is 23.1 Å². The second-order valence-electron chi connectivity index (χ2n) is 21.4. The van der Waals surface area contributed by atoms with E-state index >= 15 is 8.78 Å². The van der Waals surface area contributed by atoms with Crippen molar-refractivity contribution in [1.29, 1.82) is 0 Å². The van der Waals surface area contributed by atoms with Gasteiger partial charge in [0, 0.05) is 0 Å². The van der Waals surface area contributed by atoms with Crippen molar-refractivity contribution in [3.05, 3.63) is 58.7 Å². The molecular formula is C57H88F4O2.